The summed E-state index contributed by atoms with van der Waals surface area (Å²) in [6.07, 6.45) is 0.319. The van der Waals surface area contributed by atoms with E-state index in [4.69, 9.17) is 0 Å². The Morgan fingerprint density at radius 3 is 1.12 bits per heavy atom. The van der Waals surface area contributed by atoms with E-state index in [1.165, 1.54) is 54.4 Å². The zero-order valence-electron chi connectivity index (χ0n) is 50.8. The van der Waals surface area contributed by atoms with Gasteiger partial charge >= 0.3 is 0 Å². The van der Waals surface area contributed by atoms with Gasteiger partial charge in [-0.2, -0.15) is 0 Å². The van der Waals surface area contributed by atoms with E-state index in [0.29, 0.717) is 21.8 Å². The summed E-state index contributed by atoms with van der Waals surface area (Å²) < 4.78 is 0. The van der Waals surface area contributed by atoms with E-state index in [-0.39, 0.29) is 49.4 Å². The Hall–Kier alpha value is -8.44. The van der Waals surface area contributed by atoms with Gasteiger partial charge in [0.2, 0.25) is 47.3 Å². The number of rotatable bonds is 12. The molecule has 84 heavy (non-hydrogen) atoms. The second kappa shape index (κ2) is 29.2. The van der Waals surface area contributed by atoms with Crippen LogP contribution in [0.2, 0.25) is 0 Å². The molecular formula is C60H84N12O12. The van der Waals surface area contributed by atoms with E-state index >= 15 is 0 Å². The average Bonchev–Trinajstić information content (AvgIpc) is 3.00. The number of fused-ring (bicyclic) bond motifs is 2. The molecule has 10 amide bonds. The number of amides is 10. The minimum absolute atomic E-state index is 0.0640. The fourth-order valence-electron chi connectivity index (χ4n) is 10.00. The Kier molecular flexibility index (Phi) is 23.1. The van der Waals surface area contributed by atoms with E-state index in [2.05, 4.69) is 31.2 Å². The first-order valence-corrected chi connectivity index (χ1v) is 28.3. The second-order valence-corrected chi connectivity index (χ2v) is 23.5. The van der Waals surface area contributed by atoms with Gasteiger partial charge in [0.15, 0.2) is 11.4 Å². The van der Waals surface area contributed by atoms with Gasteiger partial charge < -0.3 is 60.9 Å². The number of hydrogen-bond donors (Lipinski definition) is 6. The predicted octanol–water partition coefficient (Wildman–Crippen LogP) is 2.75. The molecule has 0 radical (unpaired) electrons. The van der Waals surface area contributed by atoms with Crippen LogP contribution in [0.25, 0.3) is 21.8 Å². The number of hydrogen-bond acceptors (Lipinski definition) is 14. The molecule has 4 aromatic rings. The van der Waals surface area contributed by atoms with Crippen LogP contribution in [0.5, 0.6) is 11.5 Å². The number of para-hydroxylation sites is 2. The molecule has 0 unspecified atom stereocenters. The summed E-state index contributed by atoms with van der Waals surface area (Å²) in [6, 6.07) is 7.96. The van der Waals surface area contributed by atoms with Gasteiger partial charge in [0.25, 0.3) is 11.8 Å². The number of carbonyl (C=O) groups excluding carboxylic acids is 10. The van der Waals surface area contributed by atoms with Crippen LogP contribution in [-0.4, -0.2) is 213 Å². The van der Waals surface area contributed by atoms with Gasteiger partial charge in [0.1, 0.15) is 47.8 Å². The van der Waals surface area contributed by atoms with Crippen molar-refractivity contribution in [3.05, 3.63) is 72.1 Å². The van der Waals surface area contributed by atoms with Crippen LogP contribution in [0, 0.1) is 23.7 Å². The third-order valence-corrected chi connectivity index (χ3v) is 14.8. The van der Waals surface area contributed by atoms with Crippen molar-refractivity contribution in [2.24, 2.45) is 23.7 Å². The summed E-state index contributed by atoms with van der Waals surface area (Å²) in [5.41, 5.74) is -0.134. The Balaban J connectivity index is 1.60. The smallest absolute Gasteiger partial charge is 0.274 e. The highest BCUT2D eigenvalue weighted by Crippen LogP contribution is 2.25. The number of aromatic nitrogens is 2. The standard InChI is InChI=1S/C60H84N12O12/c1-33(2)23-43-53(77)61-29-41(65-55(79)51-47(73)27-37-19-15-17-21-39(37)63-51)57(81)71(13)46(26-36(7)8)60(84)68(10)32-50(76)70(12)44(24-34(3)4)54(78)62-30-42(66-56(80)52-48(74)28-38-20-16-18-22-40(38)64-52)58(82)72(14)45(25-35(5)6)59(83)67(9)31-49(75)69(43)11/h15-22,27-28,33-36,41-46,73-74H,23-26,29-32H2,1-14H3,(H,61,77)(H,62,78)(H,65,79)(H,66,80)/t41-,42-,43-,44-,45-,46-/m0/s1. The summed E-state index contributed by atoms with van der Waals surface area (Å²) in [5, 5.41) is 33.8. The molecule has 0 spiro atoms. The van der Waals surface area contributed by atoms with E-state index in [1.54, 1.807) is 48.5 Å². The number of aromatic hydroxyl groups is 2. The third-order valence-electron chi connectivity index (χ3n) is 14.8. The largest absolute Gasteiger partial charge is 0.505 e. The lowest BCUT2D eigenvalue weighted by Crippen LogP contribution is -2.60. The molecule has 24 heteroatoms. The van der Waals surface area contributed by atoms with Crippen molar-refractivity contribution < 1.29 is 58.2 Å². The first-order valence-electron chi connectivity index (χ1n) is 28.3. The van der Waals surface area contributed by atoms with Crippen molar-refractivity contribution in [2.75, 3.05) is 68.5 Å². The Bertz CT molecular complexity index is 2890. The van der Waals surface area contributed by atoms with Crippen molar-refractivity contribution in [1.82, 2.24) is 60.6 Å². The lowest BCUT2D eigenvalue weighted by molar-refractivity contribution is -0.149. The Morgan fingerprint density at radius 1 is 0.488 bits per heavy atom. The number of nitrogens with zero attached hydrogens (tertiary/aromatic N) is 8. The molecule has 0 bridgehead atoms. The molecule has 1 aliphatic rings. The quantitative estimate of drug-likeness (QED) is 0.119. The number of benzene rings is 2. The average molecular weight is 1170 g/mol. The first kappa shape index (κ1) is 66.4. The number of pyridine rings is 2. The molecule has 5 rings (SSSR count). The summed E-state index contributed by atoms with van der Waals surface area (Å²) in [4.78, 5) is 161. The zero-order chi connectivity index (χ0) is 62.6. The topological polar surface area (TPSA) is 305 Å². The molecular weight excluding hydrogens is 1080 g/mol. The summed E-state index contributed by atoms with van der Waals surface area (Å²) in [7, 11) is 8.17. The van der Waals surface area contributed by atoms with Crippen molar-refractivity contribution in [1.29, 1.82) is 0 Å². The SMILES string of the molecule is CC(C)C[C@H]1C(=O)NC[C@H](NC(=O)c2nc3ccccc3cc2O)C(=O)N(C)[C@@H](CC(C)C)C(=O)N(C)CC(=O)N(C)[C@@H](CC(C)C)C(=O)NC[C@H](NC(=O)c2nc3ccccc3cc2O)C(=O)N(C)[C@@H](CC(C)C)C(=O)N(C)CC(=O)N1C. The van der Waals surface area contributed by atoms with E-state index in [1.807, 2.05) is 55.4 Å². The fraction of sp³-hybridized carbons (Fsp3) is 0.533. The van der Waals surface area contributed by atoms with Gasteiger partial charge in [-0.1, -0.05) is 91.8 Å². The van der Waals surface area contributed by atoms with Crippen LogP contribution in [0.15, 0.2) is 60.7 Å². The molecule has 1 fully saturated rings. The number of likely N-dealkylation sites (N-methyl/N-ethyl adjacent to an activating group) is 6. The second-order valence-electron chi connectivity index (χ2n) is 23.5. The maximum Gasteiger partial charge on any atom is 0.274 e. The van der Waals surface area contributed by atoms with Gasteiger partial charge in [-0.3, -0.25) is 47.9 Å². The summed E-state index contributed by atoms with van der Waals surface area (Å²) in [5.74, 6) is -9.69. The van der Waals surface area contributed by atoms with Crippen LogP contribution in [0.3, 0.4) is 0 Å². The minimum Gasteiger partial charge on any atom is -0.505 e. The highest BCUT2D eigenvalue weighted by atomic mass is 16.3. The van der Waals surface area contributed by atoms with Crippen molar-refractivity contribution in [3.63, 3.8) is 0 Å². The predicted molar refractivity (Wildman–Crippen MR) is 315 cm³/mol. The van der Waals surface area contributed by atoms with Gasteiger partial charge in [0.05, 0.1) is 24.1 Å². The van der Waals surface area contributed by atoms with Crippen LogP contribution in [0.4, 0.5) is 0 Å². The van der Waals surface area contributed by atoms with Gasteiger partial charge in [-0.15, -0.1) is 0 Å². The maximum atomic E-state index is 14.9. The van der Waals surface area contributed by atoms with Crippen LogP contribution in [0.1, 0.15) is 102 Å². The van der Waals surface area contributed by atoms with Crippen molar-refractivity contribution >= 4 is 80.9 Å². The number of carbonyl (C=O) groups is 10. The molecule has 0 saturated carbocycles. The molecule has 6 N–H and O–H groups in total. The number of nitrogens with one attached hydrogen (secondary N) is 4. The zero-order valence-corrected chi connectivity index (χ0v) is 50.8. The van der Waals surface area contributed by atoms with E-state index in [9.17, 15) is 58.2 Å². The molecule has 24 nitrogen and oxygen atoms in total. The molecule has 1 saturated heterocycles. The van der Waals surface area contributed by atoms with Gasteiger partial charge in [-0.25, -0.2) is 9.97 Å². The van der Waals surface area contributed by atoms with Gasteiger partial charge in [-0.05, 0) is 73.6 Å². The van der Waals surface area contributed by atoms with Crippen molar-refractivity contribution in [2.45, 2.75) is 117 Å². The van der Waals surface area contributed by atoms with Crippen LogP contribution in [-0.2, 0) is 38.4 Å². The Morgan fingerprint density at radius 2 is 0.798 bits per heavy atom. The molecule has 0 aliphatic carbocycles. The first-order chi connectivity index (χ1) is 39.4. The highest BCUT2D eigenvalue weighted by molar-refractivity contribution is 6.03. The summed E-state index contributed by atoms with van der Waals surface area (Å²) >= 11 is 0. The monoisotopic (exact) mass is 1160 g/mol. The molecule has 2 aromatic carbocycles. The molecule has 3 heterocycles. The summed E-state index contributed by atoms with van der Waals surface area (Å²) in [6.45, 7) is 12.2. The Labute approximate surface area is 491 Å². The third kappa shape index (κ3) is 16.9. The maximum absolute atomic E-state index is 14.9. The molecule has 2 aromatic heterocycles. The van der Waals surface area contributed by atoms with Crippen LogP contribution >= 0.6 is 0 Å². The lowest BCUT2D eigenvalue weighted by atomic mass is 9.99. The fourth-order valence-corrected chi connectivity index (χ4v) is 10.00. The van der Waals surface area contributed by atoms with E-state index < -0.39 is 144 Å². The van der Waals surface area contributed by atoms with Crippen LogP contribution < -0.4 is 21.3 Å². The van der Waals surface area contributed by atoms with E-state index in [0.717, 1.165) is 29.4 Å². The lowest BCUT2D eigenvalue weighted by Gasteiger charge is -2.36. The highest BCUT2D eigenvalue weighted by Gasteiger charge is 2.40. The minimum atomic E-state index is -1.62. The molecule has 1 aliphatic heterocycles. The van der Waals surface area contributed by atoms with Gasteiger partial charge in [0, 0.05) is 66.1 Å². The molecule has 456 valence electrons. The normalized spacial score (nSPS) is 21.4. The molecule has 6 atom stereocenters. The van der Waals surface area contributed by atoms with Crippen molar-refractivity contribution in [3.8, 4) is 11.5 Å².